The first-order valence-electron chi connectivity index (χ1n) is 5.40. The standard InChI is InChI=1S/C12H14N2O3/c1-7-3-5-10(17-7)12-8(2)9(13-14-12)4-6-11(15)16/h3,5H,4,6H2,1-2H3,(H,13,14)(H,15,16). The van der Waals surface area contributed by atoms with Crippen molar-refractivity contribution >= 4 is 5.97 Å². The van der Waals surface area contributed by atoms with E-state index in [9.17, 15) is 4.79 Å². The van der Waals surface area contributed by atoms with Gasteiger partial charge in [-0.15, -0.1) is 0 Å². The normalized spacial score (nSPS) is 10.7. The van der Waals surface area contributed by atoms with E-state index >= 15 is 0 Å². The van der Waals surface area contributed by atoms with Crippen LogP contribution >= 0.6 is 0 Å². The van der Waals surface area contributed by atoms with Gasteiger partial charge in [0.1, 0.15) is 11.5 Å². The number of aromatic amines is 1. The minimum Gasteiger partial charge on any atom is -0.481 e. The first kappa shape index (κ1) is 11.4. The first-order chi connectivity index (χ1) is 8.08. The summed E-state index contributed by atoms with van der Waals surface area (Å²) in [6, 6.07) is 3.74. The number of H-pyrrole nitrogens is 1. The Morgan fingerprint density at radius 3 is 2.82 bits per heavy atom. The maximum atomic E-state index is 10.5. The Balaban J connectivity index is 2.23. The van der Waals surface area contributed by atoms with Gasteiger partial charge in [-0.25, -0.2) is 0 Å². The van der Waals surface area contributed by atoms with Crippen LogP contribution in [0.15, 0.2) is 16.5 Å². The lowest BCUT2D eigenvalue weighted by atomic mass is 10.1. The van der Waals surface area contributed by atoms with Crippen LogP contribution in [-0.2, 0) is 11.2 Å². The highest BCUT2D eigenvalue weighted by atomic mass is 16.4. The highest BCUT2D eigenvalue weighted by Gasteiger charge is 2.14. The molecule has 0 saturated carbocycles. The third kappa shape index (κ3) is 2.38. The summed E-state index contributed by atoms with van der Waals surface area (Å²) in [4.78, 5) is 10.5. The van der Waals surface area contributed by atoms with Crippen LogP contribution in [-0.4, -0.2) is 21.3 Å². The van der Waals surface area contributed by atoms with Crippen molar-refractivity contribution in [1.82, 2.24) is 10.2 Å². The molecule has 2 aromatic rings. The van der Waals surface area contributed by atoms with Crippen molar-refractivity contribution in [3.05, 3.63) is 29.2 Å². The molecule has 0 aliphatic heterocycles. The summed E-state index contributed by atoms with van der Waals surface area (Å²) in [5, 5.41) is 15.7. The van der Waals surface area contributed by atoms with Gasteiger partial charge in [0.25, 0.3) is 0 Å². The molecule has 0 aliphatic carbocycles. The molecule has 0 atom stereocenters. The largest absolute Gasteiger partial charge is 0.481 e. The van der Waals surface area contributed by atoms with Crippen LogP contribution in [0.25, 0.3) is 11.5 Å². The second-order valence-corrected chi connectivity index (χ2v) is 3.98. The van der Waals surface area contributed by atoms with Crippen LogP contribution < -0.4 is 0 Å². The van der Waals surface area contributed by atoms with Gasteiger partial charge in [0, 0.05) is 11.3 Å². The van der Waals surface area contributed by atoms with Gasteiger partial charge < -0.3 is 9.52 Å². The highest BCUT2D eigenvalue weighted by Crippen LogP contribution is 2.25. The van der Waals surface area contributed by atoms with Crippen molar-refractivity contribution in [2.45, 2.75) is 26.7 Å². The van der Waals surface area contributed by atoms with E-state index in [1.54, 1.807) is 0 Å². The SMILES string of the molecule is Cc1ccc(-c2n[nH]c(CCC(=O)O)c2C)o1. The molecule has 0 amide bonds. The lowest BCUT2D eigenvalue weighted by Gasteiger charge is -1.96. The summed E-state index contributed by atoms with van der Waals surface area (Å²) >= 11 is 0. The minimum absolute atomic E-state index is 0.0969. The Labute approximate surface area is 98.5 Å². The first-order valence-corrected chi connectivity index (χ1v) is 5.40. The molecule has 0 aliphatic rings. The fourth-order valence-corrected chi connectivity index (χ4v) is 1.71. The zero-order valence-electron chi connectivity index (χ0n) is 9.78. The number of carboxylic acids is 1. The van der Waals surface area contributed by atoms with Crippen LogP contribution in [0.3, 0.4) is 0 Å². The van der Waals surface area contributed by atoms with E-state index in [4.69, 9.17) is 9.52 Å². The Kier molecular flexibility index (Phi) is 2.99. The fourth-order valence-electron chi connectivity index (χ4n) is 1.71. The number of aryl methyl sites for hydroxylation is 2. The second kappa shape index (κ2) is 4.45. The van der Waals surface area contributed by atoms with Gasteiger partial charge in [-0.1, -0.05) is 0 Å². The smallest absolute Gasteiger partial charge is 0.303 e. The molecule has 2 rings (SSSR count). The maximum Gasteiger partial charge on any atom is 0.303 e. The summed E-state index contributed by atoms with van der Waals surface area (Å²) in [6.45, 7) is 3.78. The number of nitrogens with one attached hydrogen (secondary N) is 1. The number of hydrogen-bond donors (Lipinski definition) is 2. The molecule has 0 bridgehead atoms. The molecule has 2 aromatic heterocycles. The number of rotatable bonds is 4. The fraction of sp³-hybridized carbons (Fsp3) is 0.333. The summed E-state index contributed by atoms with van der Waals surface area (Å²) < 4.78 is 5.49. The average molecular weight is 234 g/mol. The van der Waals surface area contributed by atoms with Gasteiger partial charge in [-0.2, -0.15) is 5.10 Å². The molecular weight excluding hydrogens is 220 g/mol. The molecule has 0 aromatic carbocycles. The molecule has 0 radical (unpaired) electrons. The predicted molar refractivity (Wildman–Crippen MR) is 61.7 cm³/mol. The number of aromatic nitrogens is 2. The Hall–Kier alpha value is -2.04. The van der Waals surface area contributed by atoms with E-state index in [1.807, 2.05) is 26.0 Å². The van der Waals surface area contributed by atoms with E-state index < -0.39 is 5.97 Å². The highest BCUT2D eigenvalue weighted by molar-refractivity contribution is 5.67. The lowest BCUT2D eigenvalue weighted by molar-refractivity contribution is -0.136. The van der Waals surface area contributed by atoms with Crippen LogP contribution in [0.1, 0.15) is 23.4 Å². The summed E-state index contributed by atoms with van der Waals surface area (Å²) in [6.07, 6.45) is 0.549. The summed E-state index contributed by atoms with van der Waals surface area (Å²) in [5.41, 5.74) is 2.54. The third-order valence-electron chi connectivity index (χ3n) is 2.67. The number of furan rings is 1. The molecule has 5 nitrogen and oxygen atoms in total. The van der Waals surface area contributed by atoms with E-state index in [-0.39, 0.29) is 6.42 Å². The number of carboxylic acid groups (broad SMARTS) is 1. The molecule has 2 heterocycles. The van der Waals surface area contributed by atoms with Crippen LogP contribution in [0.5, 0.6) is 0 Å². The summed E-state index contributed by atoms with van der Waals surface area (Å²) in [5.74, 6) is 0.724. The van der Waals surface area contributed by atoms with E-state index in [0.29, 0.717) is 12.2 Å². The molecule has 0 saturated heterocycles. The van der Waals surface area contributed by atoms with Gasteiger partial charge in [0.15, 0.2) is 5.76 Å². The number of hydrogen-bond acceptors (Lipinski definition) is 3. The second-order valence-electron chi connectivity index (χ2n) is 3.98. The van der Waals surface area contributed by atoms with E-state index in [0.717, 1.165) is 22.7 Å². The molecular formula is C12H14N2O3. The van der Waals surface area contributed by atoms with Gasteiger partial charge in [-0.05, 0) is 32.4 Å². The minimum atomic E-state index is -0.811. The summed E-state index contributed by atoms with van der Waals surface area (Å²) in [7, 11) is 0. The monoisotopic (exact) mass is 234 g/mol. The Morgan fingerprint density at radius 1 is 1.47 bits per heavy atom. The van der Waals surface area contributed by atoms with Crippen LogP contribution in [0, 0.1) is 13.8 Å². The van der Waals surface area contributed by atoms with Crippen molar-refractivity contribution in [3.8, 4) is 11.5 Å². The average Bonchev–Trinajstić information content (AvgIpc) is 2.82. The van der Waals surface area contributed by atoms with Gasteiger partial charge in [0.2, 0.25) is 0 Å². The molecule has 0 unspecified atom stereocenters. The van der Waals surface area contributed by atoms with Crippen molar-refractivity contribution in [1.29, 1.82) is 0 Å². The molecule has 0 spiro atoms. The maximum absolute atomic E-state index is 10.5. The van der Waals surface area contributed by atoms with Crippen LogP contribution in [0.2, 0.25) is 0 Å². The van der Waals surface area contributed by atoms with Crippen molar-refractivity contribution in [2.75, 3.05) is 0 Å². The third-order valence-corrected chi connectivity index (χ3v) is 2.67. The Morgan fingerprint density at radius 2 is 2.24 bits per heavy atom. The molecule has 2 N–H and O–H groups in total. The zero-order chi connectivity index (χ0) is 12.4. The lowest BCUT2D eigenvalue weighted by Crippen LogP contribution is -1.98. The van der Waals surface area contributed by atoms with E-state index in [1.165, 1.54) is 0 Å². The van der Waals surface area contributed by atoms with Crippen molar-refractivity contribution < 1.29 is 14.3 Å². The van der Waals surface area contributed by atoms with Gasteiger partial charge >= 0.3 is 5.97 Å². The molecule has 0 fully saturated rings. The van der Waals surface area contributed by atoms with Crippen molar-refractivity contribution in [2.24, 2.45) is 0 Å². The molecule has 5 heteroatoms. The number of nitrogens with zero attached hydrogens (tertiary/aromatic N) is 1. The quantitative estimate of drug-likeness (QED) is 0.850. The van der Waals surface area contributed by atoms with Gasteiger partial charge in [-0.3, -0.25) is 9.89 Å². The Bertz CT molecular complexity index is 540. The van der Waals surface area contributed by atoms with Crippen molar-refractivity contribution in [3.63, 3.8) is 0 Å². The molecule has 17 heavy (non-hydrogen) atoms. The zero-order valence-corrected chi connectivity index (χ0v) is 9.78. The van der Waals surface area contributed by atoms with E-state index in [2.05, 4.69) is 10.2 Å². The number of carbonyl (C=O) groups is 1. The molecule has 90 valence electrons. The number of aliphatic carboxylic acids is 1. The topological polar surface area (TPSA) is 79.1 Å². The van der Waals surface area contributed by atoms with Gasteiger partial charge in [0.05, 0.1) is 6.42 Å². The predicted octanol–water partition coefficient (Wildman–Crippen LogP) is 2.30. The van der Waals surface area contributed by atoms with Crippen LogP contribution in [0.4, 0.5) is 0 Å².